The number of esters is 2. The molecule has 28 heavy (non-hydrogen) atoms. The topological polar surface area (TPSA) is 65.1 Å². The number of carbonyl (C=O) groups is 2. The highest BCUT2D eigenvalue weighted by Gasteiger charge is 2.27. The van der Waals surface area contributed by atoms with Gasteiger partial charge in [-0.3, -0.25) is 0 Å². The summed E-state index contributed by atoms with van der Waals surface area (Å²) in [6.07, 6.45) is 6.64. The average Bonchev–Trinajstić information content (AvgIpc) is 2.95. The van der Waals surface area contributed by atoms with Crippen molar-refractivity contribution < 1.29 is 23.8 Å². The first-order valence-corrected chi connectivity index (χ1v) is 8.80. The maximum absolute atomic E-state index is 12.5. The fourth-order valence-corrected chi connectivity index (χ4v) is 2.98. The number of hydrogen-bond acceptors (Lipinski definition) is 6. The lowest BCUT2D eigenvalue weighted by molar-refractivity contribution is -0.139. The molecule has 0 saturated carbocycles. The summed E-state index contributed by atoms with van der Waals surface area (Å²) in [6, 6.07) is 11.5. The Kier molecular flexibility index (Phi) is 5.79. The number of benzene rings is 2. The van der Waals surface area contributed by atoms with Gasteiger partial charge in [0.15, 0.2) is 0 Å². The van der Waals surface area contributed by atoms with Gasteiger partial charge in [-0.25, -0.2) is 9.59 Å². The summed E-state index contributed by atoms with van der Waals surface area (Å²) < 4.78 is 15.3. The molecule has 0 saturated heterocycles. The van der Waals surface area contributed by atoms with E-state index in [2.05, 4.69) is 0 Å². The molecule has 6 heteroatoms. The Morgan fingerprint density at radius 2 is 1.64 bits per heavy atom. The number of carbonyl (C=O) groups excluding carboxylic acids is 2. The molecule has 0 radical (unpaired) electrons. The van der Waals surface area contributed by atoms with Gasteiger partial charge >= 0.3 is 11.9 Å². The van der Waals surface area contributed by atoms with Crippen molar-refractivity contribution in [1.29, 1.82) is 0 Å². The van der Waals surface area contributed by atoms with Crippen molar-refractivity contribution in [1.82, 2.24) is 0 Å². The number of allylic oxidation sites excluding steroid dienone is 2. The van der Waals surface area contributed by atoms with E-state index in [0.717, 1.165) is 16.5 Å². The Balaban J connectivity index is 2.12. The first kappa shape index (κ1) is 19.2. The molecule has 0 spiro atoms. The smallest absolute Gasteiger partial charge is 0.355 e. The molecule has 1 aliphatic rings. The molecule has 0 aliphatic carbocycles. The predicted octanol–water partition coefficient (Wildman–Crippen LogP) is 3.73. The maximum atomic E-state index is 12.5. The van der Waals surface area contributed by atoms with Gasteiger partial charge in [-0.1, -0.05) is 18.2 Å². The summed E-state index contributed by atoms with van der Waals surface area (Å²) in [5, 5.41) is 1.97. The van der Waals surface area contributed by atoms with Crippen LogP contribution in [0.15, 0.2) is 72.1 Å². The number of fused-ring (bicyclic) bond motifs is 1. The number of methoxy groups -OCH3 is 2. The van der Waals surface area contributed by atoms with Crippen LogP contribution in [0.2, 0.25) is 0 Å². The number of hydrogen-bond donors (Lipinski definition) is 0. The van der Waals surface area contributed by atoms with E-state index in [1.54, 1.807) is 23.3 Å². The molecule has 0 atom stereocenters. The standard InChI is InChI=1S/C22H21NO5/c1-4-28-18-11-9-15-13-17(10-8-16(15)14-18)23-12-6-5-7-19(21(24)26-2)20(23)22(25)27-3/h5-14H,4H2,1-3H3. The second-order valence-corrected chi connectivity index (χ2v) is 5.94. The lowest BCUT2D eigenvalue weighted by atomic mass is 10.1. The third-order valence-electron chi connectivity index (χ3n) is 4.27. The van der Waals surface area contributed by atoms with Crippen LogP contribution in [0.3, 0.4) is 0 Å². The molecule has 0 unspecified atom stereocenters. The van der Waals surface area contributed by atoms with Crippen LogP contribution in [0.4, 0.5) is 5.69 Å². The summed E-state index contributed by atoms with van der Waals surface area (Å²) >= 11 is 0. The molecular weight excluding hydrogens is 358 g/mol. The van der Waals surface area contributed by atoms with E-state index in [0.29, 0.717) is 12.3 Å². The highest BCUT2D eigenvalue weighted by Crippen LogP contribution is 2.30. The number of rotatable bonds is 5. The SMILES string of the molecule is CCOc1ccc2cc(N3C=CC=CC(C(=O)OC)=C3C(=O)OC)ccc2c1. The number of anilines is 1. The zero-order valence-electron chi connectivity index (χ0n) is 16.0. The van der Waals surface area contributed by atoms with Gasteiger partial charge in [0.1, 0.15) is 11.4 Å². The zero-order valence-corrected chi connectivity index (χ0v) is 16.0. The molecule has 3 rings (SSSR count). The Labute approximate surface area is 163 Å². The maximum Gasteiger partial charge on any atom is 0.355 e. The van der Waals surface area contributed by atoms with Crippen LogP contribution in [0.25, 0.3) is 10.8 Å². The van der Waals surface area contributed by atoms with Crippen LogP contribution >= 0.6 is 0 Å². The summed E-state index contributed by atoms with van der Waals surface area (Å²) in [5.74, 6) is -0.458. The third-order valence-corrected chi connectivity index (χ3v) is 4.27. The lowest BCUT2D eigenvalue weighted by Crippen LogP contribution is -2.26. The van der Waals surface area contributed by atoms with Crippen LogP contribution in [-0.4, -0.2) is 32.8 Å². The van der Waals surface area contributed by atoms with Gasteiger partial charge < -0.3 is 19.1 Å². The average molecular weight is 379 g/mol. The lowest BCUT2D eigenvalue weighted by Gasteiger charge is -2.23. The highest BCUT2D eigenvalue weighted by molar-refractivity contribution is 6.05. The molecule has 0 fully saturated rings. The number of nitrogens with zero attached hydrogens (tertiary/aromatic N) is 1. The molecule has 6 nitrogen and oxygen atoms in total. The summed E-state index contributed by atoms with van der Waals surface area (Å²) in [6.45, 7) is 2.53. The van der Waals surface area contributed by atoms with E-state index in [4.69, 9.17) is 14.2 Å². The fraction of sp³-hybridized carbons (Fsp3) is 0.182. The molecule has 1 heterocycles. The van der Waals surface area contributed by atoms with Crippen LogP contribution in [0, 0.1) is 0 Å². The molecule has 0 amide bonds. The molecule has 0 aromatic heterocycles. The van der Waals surface area contributed by atoms with E-state index in [1.165, 1.54) is 20.3 Å². The molecule has 0 bridgehead atoms. The first-order chi connectivity index (χ1) is 13.6. The Hall–Kier alpha value is -3.54. The molecule has 144 valence electrons. The summed E-state index contributed by atoms with van der Waals surface area (Å²) in [7, 11) is 2.54. The quantitative estimate of drug-likeness (QED) is 0.738. The predicted molar refractivity (Wildman–Crippen MR) is 107 cm³/mol. The minimum atomic E-state index is -0.636. The van der Waals surface area contributed by atoms with Gasteiger partial charge in [-0.2, -0.15) is 0 Å². The second kappa shape index (κ2) is 8.43. The van der Waals surface area contributed by atoms with E-state index < -0.39 is 11.9 Å². The molecule has 1 aliphatic heterocycles. The number of ether oxygens (including phenoxy) is 3. The van der Waals surface area contributed by atoms with Crippen LogP contribution < -0.4 is 9.64 Å². The molecule has 0 N–H and O–H groups in total. The van der Waals surface area contributed by atoms with Crippen molar-refractivity contribution >= 4 is 28.4 Å². The Bertz CT molecular complexity index is 1000. The Morgan fingerprint density at radius 3 is 2.36 bits per heavy atom. The van der Waals surface area contributed by atoms with Gasteiger partial charge in [0.05, 0.1) is 26.4 Å². The van der Waals surface area contributed by atoms with Gasteiger partial charge in [0.25, 0.3) is 0 Å². The molecule has 2 aromatic rings. The van der Waals surface area contributed by atoms with Crippen molar-refractivity contribution in [3.8, 4) is 5.75 Å². The monoisotopic (exact) mass is 379 g/mol. The Morgan fingerprint density at radius 1 is 0.929 bits per heavy atom. The van der Waals surface area contributed by atoms with E-state index in [-0.39, 0.29) is 11.3 Å². The van der Waals surface area contributed by atoms with Crippen LogP contribution in [0.1, 0.15) is 6.92 Å². The minimum Gasteiger partial charge on any atom is -0.494 e. The van der Waals surface area contributed by atoms with Crippen molar-refractivity contribution in [2.24, 2.45) is 0 Å². The molecule has 2 aromatic carbocycles. The minimum absolute atomic E-state index is 0.0876. The zero-order chi connectivity index (χ0) is 20.1. The van der Waals surface area contributed by atoms with E-state index >= 15 is 0 Å². The van der Waals surface area contributed by atoms with Crippen molar-refractivity contribution in [3.05, 3.63) is 72.1 Å². The van der Waals surface area contributed by atoms with Gasteiger partial charge in [-0.05, 0) is 54.1 Å². The first-order valence-electron chi connectivity index (χ1n) is 8.80. The summed E-state index contributed by atoms with van der Waals surface area (Å²) in [5.41, 5.74) is 0.911. The van der Waals surface area contributed by atoms with Gasteiger partial charge in [0, 0.05) is 11.9 Å². The molecular formula is C22H21NO5. The second-order valence-electron chi connectivity index (χ2n) is 5.94. The highest BCUT2D eigenvalue weighted by atomic mass is 16.5. The van der Waals surface area contributed by atoms with Crippen molar-refractivity contribution in [2.75, 3.05) is 25.7 Å². The normalized spacial score (nSPS) is 13.5. The fourth-order valence-electron chi connectivity index (χ4n) is 2.98. The van der Waals surface area contributed by atoms with Crippen LogP contribution in [0.5, 0.6) is 5.75 Å². The van der Waals surface area contributed by atoms with Gasteiger partial charge in [-0.15, -0.1) is 0 Å². The largest absolute Gasteiger partial charge is 0.494 e. The third kappa shape index (κ3) is 3.76. The van der Waals surface area contributed by atoms with Crippen molar-refractivity contribution in [2.45, 2.75) is 6.92 Å². The van der Waals surface area contributed by atoms with E-state index in [1.807, 2.05) is 43.3 Å². The van der Waals surface area contributed by atoms with Crippen molar-refractivity contribution in [3.63, 3.8) is 0 Å². The van der Waals surface area contributed by atoms with E-state index in [9.17, 15) is 9.59 Å². The summed E-state index contributed by atoms with van der Waals surface area (Å²) in [4.78, 5) is 26.4. The van der Waals surface area contributed by atoms with Gasteiger partial charge in [0.2, 0.25) is 0 Å². The van der Waals surface area contributed by atoms with Crippen LogP contribution in [-0.2, 0) is 19.1 Å².